The summed E-state index contributed by atoms with van der Waals surface area (Å²) >= 11 is 6.22. The van der Waals surface area contributed by atoms with Crippen LogP contribution in [-0.2, 0) is 14.3 Å². The summed E-state index contributed by atoms with van der Waals surface area (Å²) in [6, 6.07) is 22.8. The Balaban J connectivity index is 1.47. The van der Waals surface area contributed by atoms with Crippen LogP contribution in [0, 0.1) is 6.92 Å². The zero-order valence-electron chi connectivity index (χ0n) is 21.7. The van der Waals surface area contributed by atoms with Crippen molar-refractivity contribution in [1.29, 1.82) is 0 Å². The lowest BCUT2D eigenvalue weighted by Crippen LogP contribution is -2.17. The van der Waals surface area contributed by atoms with Gasteiger partial charge in [0.2, 0.25) is 0 Å². The highest BCUT2D eigenvalue weighted by molar-refractivity contribution is 6.31. The maximum absolute atomic E-state index is 12.7. The van der Waals surface area contributed by atoms with E-state index >= 15 is 0 Å². The molecule has 2 unspecified atom stereocenters. The number of aromatic nitrogens is 1. The molecule has 0 fully saturated rings. The molecule has 4 aromatic rings. The Morgan fingerprint density at radius 3 is 2.18 bits per heavy atom. The van der Waals surface area contributed by atoms with Crippen molar-refractivity contribution in [3.05, 3.63) is 94.7 Å². The second kappa shape index (κ2) is 12.0. The first-order valence-corrected chi connectivity index (χ1v) is 12.7. The van der Waals surface area contributed by atoms with Gasteiger partial charge in [-0.15, -0.1) is 0 Å². The van der Waals surface area contributed by atoms with Gasteiger partial charge in [-0.25, -0.2) is 4.79 Å². The molecular formula is C30H29ClN2O5. The number of carbonyl (C=O) groups excluding carboxylic acids is 2. The van der Waals surface area contributed by atoms with Crippen LogP contribution in [0.5, 0.6) is 0 Å². The number of aryl methyl sites for hydroxylation is 1. The van der Waals surface area contributed by atoms with Crippen molar-refractivity contribution >= 4 is 29.4 Å². The molecule has 0 aliphatic carbocycles. The summed E-state index contributed by atoms with van der Waals surface area (Å²) in [5.74, 6) is -0.107. The van der Waals surface area contributed by atoms with Crippen molar-refractivity contribution in [2.75, 3.05) is 11.9 Å². The van der Waals surface area contributed by atoms with Crippen LogP contribution in [0.2, 0.25) is 5.02 Å². The summed E-state index contributed by atoms with van der Waals surface area (Å²) in [6.07, 6.45) is -1.18. The molecule has 0 saturated carbocycles. The Morgan fingerprint density at radius 2 is 1.55 bits per heavy atom. The molecule has 4 rings (SSSR count). The normalized spacial score (nSPS) is 12.4. The maximum Gasteiger partial charge on any atom is 0.412 e. The number of nitrogens with zero attached hydrogens (tertiary/aromatic N) is 1. The first-order valence-electron chi connectivity index (χ1n) is 12.3. The van der Waals surface area contributed by atoms with E-state index in [0.29, 0.717) is 34.3 Å². The second-order valence-corrected chi connectivity index (χ2v) is 9.24. The molecule has 1 heterocycles. The Hall–Kier alpha value is -4.10. The largest absolute Gasteiger partial charge is 0.466 e. The maximum atomic E-state index is 12.7. The van der Waals surface area contributed by atoms with Crippen LogP contribution in [0.25, 0.3) is 22.4 Å². The fraction of sp³-hybridized carbons (Fsp3) is 0.233. The monoisotopic (exact) mass is 532 g/mol. The highest BCUT2D eigenvalue weighted by atomic mass is 35.5. The smallest absolute Gasteiger partial charge is 0.412 e. The summed E-state index contributed by atoms with van der Waals surface area (Å²) in [5, 5.41) is 7.43. The molecule has 0 saturated heterocycles. The number of rotatable bonds is 8. The fourth-order valence-corrected chi connectivity index (χ4v) is 4.35. The molecule has 0 spiro atoms. The molecule has 1 N–H and O–H groups in total. The van der Waals surface area contributed by atoms with E-state index < -0.39 is 12.2 Å². The molecule has 0 radical (unpaired) electrons. The second-order valence-electron chi connectivity index (χ2n) is 8.83. The van der Waals surface area contributed by atoms with E-state index in [-0.39, 0.29) is 11.9 Å². The number of hydrogen-bond donors (Lipinski definition) is 1. The molecule has 2 atom stereocenters. The minimum absolute atomic E-state index is 0.237. The average Bonchev–Trinajstić information content (AvgIpc) is 3.28. The molecule has 38 heavy (non-hydrogen) atoms. The molecule has 0 bridgehead atoms. The summed E-state index contributed by atoms with van der Waals surface area (Å²) < 4.78 is 16.0. The number of ether oxygens (including phenoxy) is 2. The number of hydrogen-bond acceptors (Lipinski definition) is 6. The van der Waals surface area contributed by atoms with Crippen LogP contribution in [0.1, 0.15) is 49.7 Å². The van der Waals surface area contributed by atoms with Crippen molar-refractivity contribution in [2.24, 2.45) is 0 Å². The van der Waals surface area contributed by atoms with Crippen molar-refractivity contribution in [3.63, 3.8) is 0 Å². The van der Waals surface area contributed by atoms with Crippen LogP contribution in [0.4, 0.5) is 10.5 Å². The topological polar surface area (TPSA) is 90.7 Å². The van der Waals surface area contributed by atoms with Gasteiger partial charge in [0.05, 0.1) is 12.5 Å². The van der Waals surface area contributed by atoms with E-state index in [2.05, 4.69) is 10.5 Å². The predicted molar refractivity (Wildman–Crippen MR) is 147 cm³/mol. The summed E-state index contributed by atoms with van der Waals surface area (Å²) in [4.78, 5) is 24.7. The highest BCUT2D eigenvalue weighted by Crippen LogP contribution is 2.33. The van der Waals surface area contributed by atoms with Crippen molar-refractivity contribution in [2.45, 2.75) is 39.7 Å². The SMILES string of the molecule is CCOC(=O)C(C)c1ccc(-c2ccc(-c3noc(C)c3NC(=O)OC(C)c3ccccc3Cl)cc2)cc1. The van der Waals surface area contributed by atoms with Gasteiger partial charge < -0.3 is 14.0 Å². The van der Waals surface area contributed by atoms with E-state index in [1.54, 1.807) is 26.8 Å². The Labute approximate surface area is 226 Å². The van der Waals surface area contributed by atoms with Gasteiger partial charge in [0.25, 0.3) is 0 Å². The zero-order chi connectivity index (χ0) is 27.2. The molecular weight excluding hydrogens is 504 g/mol. The number of benzene rings is 3. The van der Waals surface area contributed by atoms with Crippen LogP contribution >= 0.6 is 11.6 Å². The third-order valence-electron chi connectivity index (χ3n) is 6.26. The molecule has 1 aromatic heterocycles. The lowest BCUT2D eigenvalue weighted by atomic mass is 9.97. The summed E-state index contributed by atoms with van der Waals surface area (Å²) in [6.45, 7) is 7.46. The average molecular weight is 533 g/mol. The minimum atomic E-state index is -0.640. The Morgan fingerprint density at radius 1 is 0.947 bits per heavy atom. The number of esters is 1. The van der Waals surface area contributed by atoms with Gasteiger partial charge in [0.15, 0.2) is 5.76 Å². The van der Waals surface area contributed by atoms with Gasteiger partial charge in [-0.3, -0.25) is 10.1 Å². The quantitative estimate of drug-likeness (QED) is 0.231. The van der Waals surface area contributed by atoms with Crippen LogP contribution < -0.4 is 5.32 Å². The van der Waals surface area contributed by atoms with E-state index in [4.69, 9.17) is 25.6 Å². The van der Waals surface area contributed by atoms with Crippen molar-refractivity contribution in [3.8, 4) is 22.4 Å². The Kier molecular flexibility index (Phi) is 8.48. The van der Waals surface area contributed by atoms with Gasteiger partial charge in [0.1, 0.15) is 17.5 Å². The van der Waals surface area contributed by atoms with E-state index in [9.17, 15) is 9.59 Å². The minimum Gasteiger partial charge on any atom is -0.466 e. The lowest BCUT2D eigenvalue weighted by Gasteiger charge is -2.15. The van der Waals surface area contributed by atoms with Crippen molar-refractivity contribution < 1.29 is 23.6 Å². The number of amides is 1. The fourth-order valence-electron chi connectivity index (χ4n) is 4.06. The predicted octanol–water partition coefficient (Wildman–Crippen LogP) is 7.95. The number of carbonyl (C=O) groups is 2. The third kappa shape index (κ3) is 6.06. The van der Waals surface area contributed by atoms with Crippen LogP contribution in [0.3, 0.4) is 0 Å². The van der Waals surface area contributed by atoms with Gasteiger partial charge in [-0.05, 0) is 50.5 Å². The summed E-state index contributed by atoms with van der Waals surface area (Å²) in [5.41, 5.74) is 5.31. The molecule has 0 aliphatic heterocycles. The Bertz CT molecular complexity index is 1410. The molecule has 7 nitrogen and oxygen atoms in total. The zero-order valence-corrected chi connectivity index (χ0v) is 22.4. The first kappa shape index (κ1) is 26.9. The van der Waals surface area contributed by atoms with Crippen LogP contribution in [0.15, 0.2) is 77.3 Å². The number of nitrogens with one attached hydrogen (secondary N) is 1. The van der Waals surface area contributed by atoms with Gasteiger partial charge in [-0.2, -0.15) is 0 Å². The molecule has 1 amide bonds. The number of anilines is 1. The highest BCUT2D eigenvalue weighted by Gasteiger charge is 2.21. The standard InChI is InChI=1S/C30H29ClN2O5/c1-5-36-29(34)18(2)21-10-12-22(13-11-21)23-14-16-24(17-15-23)28-27(20(4)38-33-28)32-30(35)37-19(3)25-8-6-7-9-26(25)31/h6-19H,5H2,1-4H3,(H,32,35). The third-order valence-corrected chi connectivity index (χ3v) is 6.60. The molecule has 3 aromatic carbocycles. The van der Waals surface area contributed by atoms with Crippen molar-refractivity contribution in [1.82, 2.24) is 5.16 Å². The van der Waals surface area contributed by atoms with E-state index in [1.807, 2.05) is 73.7 Å². The number of halogens is 1. The van der Waals surface area contributed by atoms with E-state index in [1.165, 1.54) is 0 Å². The lowest BCUT2D eigenvalue weighted by molar-refractivity contribution is -0.144. The van der Waals surface area contributed by atoms with Gasteiger partial charge >= 0.3 is 12.1 Å². The van der Waals surface area contributed by atoms with Gasteiger partial charge in [0, 0.05) is 16.1 Å². The van der Waals surface area contributed by atoms with Gasteiger partial charge in [-0.1, -0.05) is 83.5 Å². The molecule has 8 heteroatoms. The molecule has 196 valence electrons. The summed E-state index contributed by atoms with van der Waals surface area (Å²) in [7, 11) is 0. The van der Waals surface area contributed by atoms with Crippen LogP contribution in [-0.4, -0.2) is 23.8 Å². The van der Waals surface area contributed by atoms with E-state index in [0.717, 1.165) is 22.3 Å². The first-order chi connectivity index (χ1) is 18.3. The molecule has 0 aliphatic rings.